The van der Waals surface area contributed by atoms with Crippen molar-refractivity contribution in [1.82, 2.24) is 9.97 Å². The van der Waals surface area contributed by atoms with Crippen LogP contribution in [0.1, 0.15) is 51.2 Å². The van der Waals surface area contributed by atoms with Gasteiger partial charge in [0.05, 0.1) is 14.1 Å². The molecule has 0 unspecified atom stereocenters. The van der Waals surface area contributed by atoms with Crippen LogP contribution in [0.4, 0.5) is 4.79 Å². The van der Waals surface area contributed by atoms with Crippen molar-refractivity contribution in [2.24, 2.45) is 14.1 Å². The van der Waals surface area contributed by atoms with Crippen LogP contribution in [-0.2, 0) is 26.9 Å². The molecule has 0 fully saturated rings. The molecule has 0 saturated heterocycles. The summed E-state index contributed by atoms with van der Waals surface area (Å²) >= 11 is 0. The predicted molar refractivity (Wildman–Crippen MR) is 86.6 cm³/mol. The Balaban J connectivity index is 0.000000363. The van der Waals surface area contributed by atoms with Crippen LogP contribution in [0.25, 0.3) is 0 Å². The summed E-state index contributed by atoms with van der Waals surface area (Å²) in [7, 11) is 4.14. The molecule has 24 heavy (non-hydrogen) atoms. The van der Waals surface area contributed by atoms with E-state index in [0.717, 1.165) is 0 Å². The van der Waals surface area contributed by atoms with Gasteiger partial charge >= 0.3 is 0 Å². The van der Waals surface area contributed by atoms with Crippen molar-refractivity contribution in [2.75, 3.05) is 0 Å². The average Bonchev–Trinajstić information content (AvgIpc) is 3.11. The molecule has 2 N–H and O–H groups in total. The van der Waals surface area contributed by atoms with Gasteiger partial charge in [0, 0.05) is 12.8 Å². The van der Waals surface area contributed by atoms with E-state index in [9.17, 15) is 0 Å². The normalized spacial score (nSPS) is 9.50. The second-order valence-corrected chi connectivity index (χ2v) is 5.49. The summed E-state index contributed by atoms with van der Waals surface area (Å²) in [5.74, 6) is 2.64. The van der Waals surface area contributed by atoms with E-state index in [-0.39, 0.29) is 0 Å². The van der Waals surface area contributed by atoms with Crippen LogP contribution < -0.4 is 19.3 Å². The molecule has 0 aromatic carbocycles. The lowest BCUT2D eigenvalue weighted by molar-refractivity contribution is -0.678. The Hall–Kier alpha value is -2.31. The molecule has 0 aliphatic rings. The number of hydrogen-bond acceptors (Lipinski definition) is 3. The number of hydrogen-bond donors (Lipinski definition) is 2. The van der Waals surface area contributed by atoms with Crippen LogP contribution in [0, 0.1) is 0 Å². The molecule has 0 bridgehead atoms. The van der Waals surface area contributed by atoms with Crippen molar-refractivity contribution in [3.8, 4) is 0 Å². The number of carbonyl (C=O) groups is 1. The maximum Gasteiger partial charge on any atom is 0.253 e. The van der Waals surface area contributed by atoms with E-state index in [4.69, 9.17) is 15.0 Å². The highest BCUT2D eigenvalue weighted by atomic mass is 16.6. The first kappa shape index (κ1) is 21.7. The number of H-pyrrole nitrogens is 2. The van der Waals surface area contributed by atoms with Gasteiger partial charge in [0.1, 0.15) is 24.8 Å². The number of nitrogens with zero attached hydrogens (tertiary/aromatic N) is 2. The summed E-state index contributed by atoms with van der Waals surface area (Å²) in [6.45, 7) is 4.42. The number of aromatic amines is 2. The van der Waals surface area contributed by atoms with E-state index in [1.165, 1.54) is 50.2 Å². The predicted octanol–water partition coefficient (Wildman–Crippen LogP) is -0.0834. The Bertz CT molecular complexity index is 515. The summed E-state index contributed by atoms with van der Waals surface area (Å²) in [5.41, 5.74) is 0. The Labute approximate surface area is 144 Å². The minimum atomic E-state index is -2.33. The van der Waals surface area contributed by atoms with Crippen molar-refractivity contribution in [3.05, 3.63) is 36.4 Å². The number of aryl methyl sites for hydroxylation is 4. The monoisotopic (exact) mass is 338 g/mol. The average molecular weight is 338 g/mol. The zero-order chi connectivity index (χ0) is 18.4. The van der Waals surface area contributed by atoms with Gasteiger partial charge in [-0.15, -0.1) is 0 Å². The van der Waals surface area contributed by atoms with Gasteiger partial charge < -0.3 is 15.0 Å². The first-order valence-corrected chi connectivity index (χ1v) is 8.34. The van der Waals surface area contributed by atoms with Gasteiger partial charge in [-0.1, -0.05) is 26.7 Å². The van der Waals surface area contributed by atoms with Crippen molar-refractivity contribution >= 4 is 6.16 Å². The second-order valence-electron chi connectivity index (χ2n) is 5.49. The van der Waals surface area contributed by atoms with Crippen molar-refractivity contribution in [1.29, 1.82) is 0 Å². The molecule has 7 heteroatoms. The molecule has 0 aliphatic carbocycles. The highest BCUT2D eigenvalue weighted by molar-refractivity contribution is 5.47. The third-order valence-corrected chi connectivity index (χ3v) is 3.48. The lowest BCUT2D eigenvalue weighted by Gasteiger charge is -1.96. The van der Waals surface area contributed by atoms with Crippen molar-refractivity contribution in [2.45, 2.75) is 52.4 Å². The molecule has 2 aromatic rings. The van der Waals surface area contributed by atoms with Crippen LogP contribution in [0.5, 0.6) is 0 Å². The van der Waals surface area contributed by atoms with Crippen LogP contribution >= 0.6 is 0 Å². The highest BCUT2D eigenvalue weighted by Crippen LogP contribution is 1.95. The molecule has 7 nitrogen and oxygen atoms in total. The fraction of sp³-hybridized carbons (Fsp3) is 0.588. The van der Waals surface area contributed by atoms with Gasteiger partial charge in [-0.05, 0) is 19.0 Å². The largest absolute Gasteiger partial charge is 0.652 e. The maximum atomic E-state index is 8.33. The summed E-state index contributed by atoms with van der Waals surface area (Å²) in [6.07, 6.45) is 13.1. The molecule has 2 heterocycles. The second kappa shape index (κ2) is 13.2. The number of nitrogens with one attached hydrogen (secondary N) is 2. The van der Waals surface area contributed by atoms with Gasteiger partial charge in [-0.3, -0.25) is 0 Å². The molecule has 0 radical (unpaired) electrons. The standard InChI is InChI=1S/2C8H14N2.CH2O3/c2*1-3-4-5-8-9-6-7-10(8)2;2-1(3)4/h2*6-7H,3-5H2,1-2H3;(H2,2,3,4). The zero-order valence-corrected chi connectivity index (χ0v) is 15.2. The Kier molecular flexibility index (Phi) is 11.9. The Morgan fingerprint density at radius 1 is 0.917 bits per heavy atom. The Morgan fingerprint density at radius 2 is 1.25 bits per heavy atom. The number of carbonyl (C=O) groups excluding carboxylic acids is 1. The molecule has 2 aromatic heterocycles. The quantitative estimate of drug-likeness (QED) is 0.720. The van der Waals surface area contributed by atoms with Crippen LogP contribution in [-0.4, -0.2) is 16.1 Å². The lowest BCUT2D eigenvalue weighted by Crippen LogP contribution is -2.37. The zero-order valence-electron chi connectivity index (χ0n) is 15.2. The fourth-order valence-corrected chi connectivity index (χ4v) is 2.06. The summed E-state index contributed by atoms with van der Waals surface area (Å²) in [6, 6.07) is 0. The van der Waals surface area contributed by atoms with Crippen molar-refractivity contribution < 1.29 is 24.1 Å². The van der Waals surface area contributed by atoms with Gasteiger partial charge in [0.2, 0.25) is 0 Å². The molecule has 2 rings (SSSR count). The topological polar surface area (TPSA) is 103 Å². The van der Waals surface area contributed by atoms with Crippen molar-refractivity contribution in [3.63, 3.8) is 0 Å². The summed E-state index contributed by atoms with van der Waals surface area (Å²) < 4.78 is 4.27. The number of unbranched alkanes of at least 4 members (excludes halogenated alkanes) is 2. The molecule has 0 aliphatic heterocycles. The summed E-state index contributed by atoms with van der Waals surface area (Å²) in [4.78, 5) is 14.7. The molecular formula is C17H30N4O3. The van der Waals surface area contributed by atoms with E-state index in [1.54, 1.807) is 0 Å². The van der Waals surface area contributed by atoms with Crippen LogP contribution in [0.2, 0.25) is 0 Å². The third kappa shape index (κ3) is 10.4. The molecular weight excluding hydrogens is 308 g/mol. The molecule has 0 spiro atoms. The van der Waals surface area contributed by atoms with Crippen LogP contribution in [0.15, 0.2) is 24.8 Å². The van der Waals surface area contributed by atoms with E-state index in [0.29, 0.717) is 0 Å². The minimum absolute atomic E-state index is 1.17. The van der Waals surface area contributed by atoms with Gasteiger partial charge in [-0.25, -0.2) is 19.1 Å². The van der Waals surface area contributed by atoms with E-state index in [2.05, 4.69) is 47.0 Å². The van der Waals surface area contributed by atoms with E-state index in [1.807, 2.05) is 24.8 Å². The number of carboxylic acid groups (broad SMARTS) is 2. The Morgan fingerprint density at radius 3 is 1.46 bits per heavy atom. The molecule has 0 atom stereocenters. The maximum absolute atomic E-state index is 8.33. The van der Waals surface area contributed by atoms with Gasteiger partial charge in [0.25, 0.3) is 11.6 Å². The summed E-state index contributed by atoms with van der Waals surface area (Å²) in [5, 5.41) is 16.7. The first-order valence-electron chi connectivity index (χ1n) is 8.34. The molecule has 136 valence electrons. The molecule has 0 saturated carbocycles. The highest BCUT2D eigenvalue weighted by Gasteiger charge is 2.04. The fourth-order valence-electron chi connectivity index (χ4n) is 2.06. The van der Waals surface area contributed by atoms with Gasteiger partial charge in [0.15, 0.2) is 0 Å². The van der Waals surface area contributed by atoms with Gasteiger partial charge in [-0.2, -0.15) is 0 Å². The van der Waals surface area contributed by atoms with Crippen LogP contribution in [0.3, 0.4) is 0 Å². The number of aromatic nitrogens is 4. The number of rotatable bonds is 6. The first-order chi connectivity index (χ1) is 11.4. The third-order valence-electron chi connectivity index (χ3n) is 3.48. The van der Waals surface area contributed by atoms with E-state index >= 15 is 0 Å². The minimum Gasteiger partial charge on any atom is -0.652 e. The van der Waals surface area contributed by atoms with E-state index < -0.39 is 6.16 Å². The smallest absolute Gasteiger partial charge is 0.253 e. The number of imidazole rings is 2. The molecule has 0 amide bonds. The SMILES string of the molecule is CCCCc1[nH]cc[n+]1C.CCCCc1[nH]cc[n+]1C.O=C([O-])[O-]. The lowest BCUT2D eigenvalue weighted by atomic mass is 10.2.